The number of fused-ring (bicyclic) bond motifs is 1. The van der Waals surface area contributed by atoms with Gasteiger partial charge in [-0.2, -0.15) is 26.3 Å². The third-order valence-corrected chi connectivity index (χ3v) is 9.00. The Morgan fingerprint density at radius 1 is 1.10 bits per heavy atom. The molecule has 1 aromatic carbocycles. The SMILES string of the molecule is Nc1nc(C(=NO)C(=O)N[C@@H]2C(=O)N3C(C(=O)O)=C(C=C4CCN(Cc5ccc(C(F)(F)F)cc5)C4=O)CS[C@H]23)cs1.O=C(O)C(F)(F)F. The lowest BCUT2D eigenvalue weighted by Gasteiger charge is -2.49. The van der Waals surface area contributed by atoms with Crippen molar-refractivity contribution < 1.29 is 65.7 Å². The molecule has 22 heteroatoms. The average Bonchev–Trinajstić information content (AvgIpc) is 3.60. The van der Waals surface area contributed by atoms with Crippen molar-refractivity contribution in [1.29, 1.82) is 0 Å². The second-order valence-electron chi connectivity index (χ2n) is 10.2. The van der Waals surface area contributed by atoms with Crippen LogP contribution in [0.5, 0.6) is 0 Å². The van der Waals surface area contributed by atoms with Crippen molar-refractivity contribution in [3.05, 3.63) is 69.4 Å². The van der Waals surface area contributed by atoms with E-state index < -0.39 is 64.7 Å². The highest BCUT2D eigenvalue weighted by Gasteiger charge is 2.54. The maximum absolute atomic E-state index is 13.0. The number of nitrogens with two attached hydrogens (primary N) is 1. The first-order valence-corrected chi connectivity index (χ1v) is 15.4. The number of hydrogen-bond donors (Lipinski definition) is 5. The number of carboxylic acid groups (broad SMARTS) is 2. The second kappa shape index (κ2) is 14.2. The zero-order valence-corrected chi connectivity index (χ0v) is 25.9. The molecule has 3 aliphatic rings. The van der Waals surface area contributed by atoms with E-state index in [0.717, 1.165) is 28.4 Å². The summed E-state index contributed by atoms with van der Waals surface area (Å²) in [5, 5.41) is 32.5. The fraction of sp³-hybridized carbons (Fsp3) is 0.296. The van der Waals surface area contributed by atoms with Crippen LogP contribution in [-0.2, 0) is 36.7 Å². The van der Waals surface area contributed by atoms with Crippen LogP contribution < -0.4 is 11.1 Å². The lowest BCUT2D eigenvalue weighted by Crippen LogP contribution is -2.71. The van der Waals surface area contributed by atoms with Crippen molar-refractivity contribution in [2.45, 2.75) is 36.7 Å². The van der Waals surface area contributed by atoms with E-state index in [9.17, 15) is 55.8 Å². The Morgan fingerprint density at radius 2 is 1.73 bits per heavy atom. The van der Waals surface area contributed by atoms with Gasteiger partial charge in [0, 0.05) is 29.8 Å². The number of allylic oxidation sites excluding steroid dienone is 1. The summed E-state index contributed by atoms with van der Waals surface area (Å²) in [5.74, 6) is -6.04. The highest BCUT2D eigenvalue weighted by molar-refractivity contribution is 8.00. The van der Waals surface area contributed by atoms with Crippen LogP contribution >= 0.6 is 23.1 Å². The molecule has 1 aromatic heterocycles. The van der Waals surface area contributed by atoms with Gasteiger partial charge in [0.15, 0.2) is 10.8 Å². The van der Waals surface area contributed by atoms with Gasteiger partial charge in [-0.1, -0.05) is 17.3 Å². The number of aliphatic carboxylic acids is 2. The Bertz CT molecular complexity index is 1770. The highest BCUT2D eigenvalue weighted by Crippen LogP contribution is 2.41. The molecule has 0 unspecified atom stereocenters. The number of rotatable bonds is 7. The number of aromatic nitrogens is 1. The van der Waals surface area contributed by atoms with Crippen LogP contribution in [0.2, 0.25) is 0 Å². The molecule has 3 aliphatic heterocycles. The van der Waals surface area contributed by atoms with Gasteiger partial charge in [-0.15, -0.1) is 23.1 Å². The fourth-order valence-electron chi connectivity index (χ4n) is 4.75. The minimum Gasteiger partial charge on any atom is -0.477 e. The van der Waals surface area contributed by atoms with Gasteiger partial charge in [-0.05, 0) is 35.8 Å². The number of thioether (sulfide) groups is 1. The zero-order chi connectivity index (χ0) is 36.4. The molecule has 0 spiro atoms. The largest absolute Gasteiger partial charge is 0.490 e. The lowest BCUT2D eigenvalue weighted by molar-refractivity contribution is -0.192. The summed E-state index contributed by atoms with van der Waals surface area (Å²) < 4.78 is 70.2. The van der Waals surface area contributed by atoms with Crippen molar-refractivity contribution in [3.8, 4) is 0 Å². The maximum Gasteiger partial charge on any atom is 0.490 e. The number of carbonyl (C=O) groups is 5. The summed E-state index contributed by atoms with van der Waals surface area (Å²) in [6, 6.07) is 3.38. The van der Waals surface area contributed by atoms with Gasteiger partial charge >= 0.3 is 24.3 Å². The minimum absolute atomic E-state index is 0.00561. The van der Waals surface area contributed by atoms with E-state index in [1.807, 2.05) is 0 Å². The van der Waals surface area contributed by atoms with Crippen LogP contribution in [0.1, 0.15) is 23.2 Å². The number of nitrogens with one attached hydrogen (secondary N) is 1. The second-order valence-corrected chi connectivity index (χ2v) is 12.2. The van der Waals surface area contributed by atoms with Crippen LogP contribution in [-0.4, -0.2) is 95.5 Å². The smallest absolute Gasteiger partial charge is 0.477 e. The fourth-order valence-corrected chi connectivity index (χ4v) is 6.61. The molecule has 3 amide bonds. The first kappa shape index (κ1) is 36.7. The number of alkyl halides is 6. The van der Waals surface area contributed by atoms with Crippen LogP contribution in [0.15, 0.2) is 57.7 Å². The molecule has 0 radical (unpaired) electrons. The first-order valence-electron chi connectivity index (χ1n) is 13.4. The van der Waals surface area contributed by atoms with Gasteiger partial charge < -0.3 is 31.4 Å². The Balaban J connectivity index is 0.000000698. The van der Waals surface area contributed by atoms with Gasteiger partial charge in [0.25, 0.3) is 11.8 Å². The summed E-state index contributed by atoms with van der Waals surface area (Å²) in [6.45, 7) is 0.363. The summed E-state index contributed by atoms with van der Waals surface area (Å²) >= 11 is 2.19. The predicted octanol–water partition coefficient (Wildman–Crippen LogP) is 2.65. The summed E-state index contributed by atoms with van der Waals surface area (Å²) in [7, 11) is 0. The number of nitrogens with zero attached hydrogens (tertiary/aromatic N) is 4. The van der Waals surface area contributed by atoms with Gasteiger partial charge in [0.05, 0.1) is 5.56 Å². The molecule has 5 rings (SSSR count). The number of nitrogen functional groups attached to an aromatic ring is 1. The molecule has 14 nitrogen and oxygen atoms in total. The van der Waals surface area contributed by atoms with E-state index in [-0.39, 0.29) is 47.4 Å². The number of thiazole rings is 1. The van der Waals surface area contributed by atoms with Crippen LogP contribution in [0.4, 0.5) is 31.5 Å². The number of oxime groups is 1. The number of hydrogen-bond acceptors (Lipinski definition) is 11. The van der Waals surface area contributed by atoms with E-state index >= 15 is 0 Å². The maximum atomic E-state index is 13.0. The average molecular weight is 737 g/mol. The molecule has 2 aromatic rings. The van der Waals surface area contributed by atoms with Crippen molar-refractivity contribution in [2.24, 2.45) is 5.16 Å². The molecule has 2 saturated heterocycles. The summed E-state index contributed by atoms with van der Waals surface area (Å²) in [5.41, 5.74) is 5.02. The van der Waals surface area contributed by atoms with Crippen molar-refractivity contribution in [2.75, 3.05) is 18.0 Å². The van der Waals surface area contributed by atoms with E-state index in [1.54, 1.807) is 0 Å². The molecular weight excluding hydrogens is 714 g/mol. The number of carbonyl (C=O) groups excluding carboxylic acids is 3. The van der Waals surface area contributed by atoms with E-state index in [1.165, 1.54) is 40.3 Å². The van der Waals surface area contributed by atoms with Gasteiger partial charge in [0.2, 0.25) is 5.91 Å². The number of likely N-dealkylation sites (tertiary alicyclic amines) is 1. The Morgan fingerprint density at radius 3 is 2.24 bits per heavy atom. The van der Waals surface area contributed by atoms with E-state index in [2.05, 4.69) is 15.5 Å². The van der Waals surface area contributed by atoms with Crippen LogP contribution in [0.25, 0.3) is 0 Å². The molecule has 262 valence electrons. The molecule has 0 aliphatic carbocycles. The molecule has 0 bridgehead atoms. The number of halogens is 6. The van der Waals surface area contributed by atoms with Crippen molar-refractivity contribution in [1.82, 2.24) is 20.1 Å². The summed E-state index contributed by atoms with van der Waals surface area (Å²) in [6.07, 6.45) is -7.84. The Labute approximate surface area is 278 Å². The normalized spacial score (nSPS) is 20.4. The number of carboxylic acids is 2. The van der Waals surface area contributed by atoms with Crippen molar-refractivity contribution >= 4 is 63.6 Å². The molecular formula is C27H22F6N6O8S2. The molecule has 4 heterocycles. The molecule has 2 atom stereocenters. The van der Waals surface area contributed by atoms with Crippen molar-refractivity contribution in [3.63, 3.8) is 0 Å². The van der Waals surface area contributed by atoms with Gasteiger partial charge in [-0.25, -0.2) is 14.6 Å². The first-order chi connectivity index (χ1) is 22.8. The predicted molar refractivity (Wildman–Crippen MR) is 158 cm³/mol. The number of benzene rings is 1. The van der Waals surface area contributed by atoms with Crippen LogP contribution in [0, 0.1) is 0 Å². The number of anilines is 1. The topological polar surface area (TPSA) is 216 Å². The molecule has 6 N–H and O–H groups in total. The van der Waals surface area contributed by atoms with Crippen LogP contribution in [0.3, 0.4) is 0 Å². The Kier molecular flexibility index (Phi) is 10.6. The monoisotopic (exact) mass is 736 g/mol. The highest BCUT2D eigenvalue weighted by atomic mass is 32.2. The Hall–Kier alpha value is -5.12. The van der Waals surface area contributed by atoms with E-state index in [0.29, 0.717) is 11.1 Å². The quantitative estimate of drug-likeness (QED) is 0.0696. The third kappa shape index (κ3) is 8.13. The minimum atomic E-state index is -5.08. The molecule has 2 fully saturated rings. The molecule has 49 heavy (non-hydrogen) atoms. The van der Waals surface area contributed by atoms with Gasteiger partial charge in [0.1, 0.15) is 22.8 Å². The molecule has 0 saturated carbocycles. The van der Waals surface area contributed by atoms with E-state index in [4.69, 9.17) is 15.6 Å². The zero-order valence-electron chi connectivity index (χ0n) is 24.3. The van der Waals surface area contributed by atoms with Gasteiger partial charge in [-0.3, -0.25) is 19.3 Å². The third-order valence-electron chi connectivity index (χ3n) is 7.03. The number of amides is 3. The lowest BCUT2D eigenvalue weighted by atomic mass is 10.0. The number of β-lactam (4-membered cyclic amide) rings is 1. The standard InChI is InChI=1S/C25H21F3N6O6S2.C2HF3O2/c26-25(27,28)14-3-1-11(2-4-14)8-33-6-5-12(20(33)36)7-13-9-41-22-17(21(37)34(22)18(13)23(38)39)31-19(35)16(32-40)15-10-42-24(29)30-15;3-2(4,5)1(6)7/h1-4,7,10,17,22,40H,5-6,8-9H2,(H2,29,30)(H,31,35)(H,38,39);(H,6,7)/t17-,22-;/m1./s1. The summed E-state index contributed by atoms with van der Waals surface area (Å²) in [4.78, 5) is 66.2.